The van der Waals surface area contributed by atoms with Gasteiger partial charge in [0.1, 0.15) is 0 Å². The zero-order chi connectivity index (χ0) is 13.7. The molecule has 0 saturated carbocycles. The number of nitrogens with one attached hydrogen (secondary N) is 1. The predicted molar refractivity (Wildman–Crippen MR) is 69.3 cm³/mol. The fourth-order valence-corrected chi connectivity index (χ4v) is 3.03. The van der Waals surface area contributed by atoms with Gasteiger partial charge in [0.15, 0.2) is 9.84 Å². The van der Waals surface area contributed by atoms with Crippen molar-refractivity contribution in [2.45, 2.75) is 19.9 Å². The number of nitrogens with zero attached hydrogens (tertiary/aromatic N) is 1. The molecule has 0 aromatic heterocycles. The van der Waals surface area contributed by atoms with E-state index in [0.29, 0.717) is 0 Å². The van der Waals surface area contributed by atoms with Crippen LogP contribution in [0, 0.1) is 0 Å². The molecule has 17 heavy (non-hydrogen) atoms. The largest absolute Gasteiger partial charge is 0.312 e. The maximum absolute atomic E-state index is 11.4. The lowest BCUT2D eigenvalue weighted by molar-refractivity contribution is 0.513. The van der Waals surface area contributed by atoms with Gasteiger partial charge in [-0.1, -0.05) is 6.92 Å². The van der Waals surface area contributed by atoms with Gasteiger partial charge in [-0.15, -0.1) is 0 Å². The summed E-state index contributed by atoms with van der Waals surface area (Å²) in [6.45, 7) is 3.58. The van der Waals surface area contributed by atoms with Crippen LogP contribution in [0.1, 0.15) is 13.8 Å². The maximum Gasteiger partial charge on any atom is 0.214 e. The van der Waals surface area contributed by atoms with E-state index in [-0.39, 0.29) is 29.8 Å². The van der Waals surface area contributed by atoms with Gasteiger partial charge in [0, 0.05) is 32.4 Å². The summed E-state index contributed by atoms with van der Waals surface area (Å²) in [5.74, 6) is 0.108. The van der Waals surface area contributed by atoms with Crippen molar-refractivity contribution in [3.05, 3.63) is 0 Å². The smallest absolute Gasteiger partial charge is 0.214 e. The molecule has 0 aliphatic heterocycles. The third kappa shape index (κ3) is 6.97. The highest BCUT2D eigenvalue weighted by Crippen LogP contribution is 1.96. The molecule has 0 aromatic carbocycles. The molecule has 1 N–H and O–H groups in total. The second-order valence-electron chi connectivity index (χ2n) is 4.15. The summed E-state index contributed by atoms with van der Waals surface area (Å²) in [5.41, 5.74) is 0. The first-order valence-corrected chi connectivity index (χ1v) is 8.88. The summed E-state index contributed by atoms with van der Waals surface area (Å²) in [4.78, 5) is 0. The second kappa shape index (κ2) is 6.67. The summed E-state index contributed by atoms with van der Waals surface area (Å²) in [5, 5.41) is 2.90. The fourth-order valence-electron chi connectivity index (χ4n) is 1.17. The van der Waals surface area contributed by atoms with Crippen LogP contribution in [0.3, 0.4) is 0 Å². The maximum atomic E-state index is 11.4. The lowest BCUT2D eigenvalue weighted by Gasteiger charge is -2.15. The van der Waals surface area contributed by atoms with Crippen molar-refractivity contribution in [3.63, 3.8) is 0 Å². The molecular weight excluding hydrogens is 264 g/mol. The molecule has 0 saturated heterocycles. The molecule has 0 aliphatic rings. The van der Waals surface area contributed by atoms with Crippen molar-refractivity contribution in [2.75, 3.05) is 37.9 Å². The first kappa shape index (κ1) is 16.8. The van der Waals surface area contributed by atoms with Gasteiger partial charge in [0.25, 0.3) is 0 Å². The number of sulfone groups is 1. The Bertz CT molecular complexity index is 414. The van der Waals surface area contributed by atoms with Gasteiger partial charge in [0.2, 0.25) is 10.0 Å². The first-order chi connectivity index (χ1) is 7.60. The molecule has 1 unspecified atom stereocenters. The van der Waals surface area contributed by atoms with E-state index in [0.717, 1.165) is 4.31 Å². The fraction of sp³-hybridized carbons (Fsp3) is 1.00. The molecule has 8 heteroatoms. The summed E-state index contributed by atoms with van der Waals surface area (Å²) in [7, 11) is -3.30. The predicted octanol–water partition coefficient (Wildman–Crippen LogP) is -0.709. The van der Waals surface area contributed by atoms with E-state index < -0.39 is 19.9 Å². The number of hydrogen-bond acceptors (Lipinski definition) is 5. The van der Waals surface area contributed by atoms with Gasteiger partial charge < -0.3 is 5.32 Å². The molecule has 104 valence electrons. The standard InChI is InChI=1S/C9H22N2O4S2/c1-5-16(12,13)8-9(2)10-6-7-17(14,15)11(3)4/h9-10H,5-8H2,1-4H3. The minimum Gasteiger partial charge on any atom is -0.312 e. The highest BCUT2D eigenvalue weighted by Gasteiger charge is 2.16. The Labute approximate surface area is 104 Å². The molecule has 6 nitrogen and oxygen atoms in total. The SMILES string of the molecule is CCS(=O)(=O)CC(C)NCCS(=O)(=O)N(C)C. The van der Waals surface area contributed by atoms with Crippen molar-refractivity contribution < 1.29 is 16.8 Å². The molecule has 0 spiro atoms. The van der Waals surface area contributed by atoms with Crippen LogP contribution in [-0.4, -0.2) is 65.1 Å². The normalized spacial score (nSPS) is 15.1. The lowest BCUT2D eigenvalue weighted by Crippen LogP contribution is -2.38. The van der Waals surface area contributed by atoms with Gasteiger partial charge in [-0.25, -0.2) is 21.1 Å². The van der Waals surface area contributed by atoms with Crippen molar-refractivity contribution in [2.24, 2.45) is 0 Å². The Balaban J connectivity index is 4.08. The van der Waals surface area contributed by atoms with Crippen molar-refractivity contribution in [1.29, 1.82) is 0 Å². The van der Waals surface area contributed by atoms with E-state index >= 15 is 0 Å². The van der Waals surface area contributed by atoms with E-state index in [4.69, 9.17) is 0 Å². The van der Waals surface area contributed by atoms with E-state index in [1.165, 1.54) is 14.1 Å². The Morgan fingerprint density at radius 2 is 1.71 bits per heavy atom. The molecule has 0 aliphatic carbocycles. The van der Waals surface area contributed by atoms with Gasteiger partial charge >= 0.3 is 0 Å². The molecule has 0 fully saturated rings. The van der Waals surface area contributed by atoms with Crippen LogP contribution in [0.15, 0.2) is 0 Å². The average Bonchev–Trinajstić information content (AvgIpc) is 2.16. The average molecular weight is 286 g/mol. The van der Waals surface area contributed by atoms with Crippen LogP contribution in [0.25, 0.3) is 0 Å². The first-order valence-electron chi connectivity index (χ1n) is 5.44. The number of hydrogen-bond donors (Lipinski definition) is 1. The van der Waals surface area contributed by atoms with Gasteiger partial charge in [-0.05, 0) is 6.92 Å². The summed E-state index contributed by atoms with van der Waals surface area (Å²) >= 11 is 0. The Kier molecular flexibility index (Phi) is 6.60. The number of sulfonamides is 1. The van der Waals surface area contributed by atoms with E-state index in [9.17, 15) is 16.8 Å². The molecule has 0 rings (SSSR count). The van der Waals surface area contributed by atoms with E-state index in [2.05, 4.69) is 5.32 Å². The highest BCUT2D eigenvalue weighted by atomic mass is 32.2. The zero-order valence-corrected chi connectivity index (χ0v) is 12.4. The van der Waals surface area contributed by atoms with E-state index in [1.54, 1.807) is 13.8 Å². The monoisotopic (exact) mass is 286 g/mol. The molecule has 0 heterocycles. The van der Waals surface area contributed by atoms with Crippen molar-refractivity contribution >= 4 is 19.9 Å². The lowest BCUT2D eigenvalue weighted by atomic mass is 10.4. The Hall–Kier alpha value is -0.180. The topological polar surface area (TPSA) is 83.5 Å². The summed E-state index contributed by atoms with van der Waals surface area (Å²) in [6, 6.07) is -0.239. The van der Waals surface area contributed by atoms with E-state index in [1.807, 2.05) is 0 Å². The molecule has 1 atom stereocenters. The minimum absolute atomic E-state index is 0.0312. The number of rotatable bonds is 8. The van der Waals surface area contributed by atoms with Gasteiger partial charge in [-0.2, -0.15) is 0 Å². The Morgan fingerprint density at radius 1 is 1.18 bits per heavy atom. The van der Waals surface area contributed by atoms with Crippen LogP contribution in [0.2, 0.25) is 0 Å². The van der Waals surface area contributed by atoms with Crippen molar-refractivity contribution in [1.82, 2.24) is 9.62 Å². The van der Waals surface area contributed by atoms with Gasteiger partial charge in [-0.3, -0.25) is 0 Å². The van der Waals surface area contributed by atoms with Crippen molar-refractivity contribution in [3.8, 4) is 0 Å². The second-order valence-corrected chi connectivity index (χ2v) is 8.85. The van der Waals surface area contributed by atoms with Crippen LogP contribution in [0.5, 0.6) is 0 Å². The molecule has 0 radical (unpaired) electrons. The highest BCUT2D eigenvalue weighted by molar-refractivity contribution is 7.91. The van der Waals surface area contributed by atoms with Crippen LogP contribution >= 0.6 is 0 Å². The molecule has 0 aromatic rings. The molecular formula is C9H22N2O4S2. The zero-order valence-electron chi connectivity index (χ0n) is 10.8. The molecule has 0 bridgehead atoms. The summed E-state index contributed by atoms with van der Waals surface area (Å²) < 4.78 is 46.6. The quantitative estimate of drug-likeness (QED) is 0.637. The van der Waals surface area contributed by atoms with Crippen LogP contribution < -0.4 is 5.32 Å². The molecule has 0 amide bonds. The van der Waals surface area contributed by atoms with Gasteiger partial charge in [0.05, 0.1) is 11.5 Å². The van der Waals surface area contributed by atoms with Crippen LogP contribution in [0.4, 0.5) is 0 Å². The third-order valence-electron chi connectivity index (χ3n) is 2.35. The third-order valence-corrected chi connectivity index (χ3v) is 6.07. The minimum atomic E-state index is -3.22. The Morgan fingerprint density at radius 3 is 2.12 bits per heavy atom. The van der Waals surface area contributed by atoms with Crippen LogP contribution in [-0.2, 0) is 19.9 Å². The summed E-state index contributed by atoms with van der Waals surface area (Å²) in [6.07, 6.45) is 0.